The van der Waals surface area contributed by atoms with E-state index in [0.717, 1.165) is 31.6 Å². The van der Waals surface area contributed by atoms with Crippen LogP contribution in [0, 0.1) is 0 Å². The molecule has 82 valence electrons. The Bertz CT molecular complexity index is 341. The lowest BCUT2D eigenvalue weighted by Gasteiger charge is -2.35. The maximum atomic E-state index is 4.51. The molecule has 1 aromatic rings. The first-order valence-electron chi connectivity index (χ1n) is 5.68. The normalized spacial score (nSPS) is 22.0. The van der Waals surface area contributed by atoms with Gasteiger partial charge in [-0.1, -0.05) is 0 Å². The Morgan fingerprint density at radius 2 is 2.33 bits per heavy atom. The van der Waals surface area contributed by atoms with Gasteiger partial charge < -0.3 is 5.32 Å². The maximum absolute atomic E-state index is 4.51. The molecule has 0 bridgehead atoms. The van der Waals surface area contributed by atoms with Crippen molar-refractivity contribution in [2.75, 3.05) is 20.1 Å². The topological polar surface area (TPSA) is 28.2 Å². The summed E-state index contributed by atoms with van der Waals surface area (Å²) in [5.74, 6) is 0.791. The quantitative estimate of drug-likeness (QED) is 0.837. The molecular formula is C11H17N3S. The van der Waals surface area contributed by atoms with Gasteiger partial charge in [0.2, 0.25) is 0 Å². The highest BCUT2D eigenvalue weighted by Crippen LogP contribution is 2.42. The van der Waals surface area contributed by atoms with E-state index in [1.54, 1.807) is 0 Å². The summed E-state index contributed by atoms with van der Waals surface area (Å²) >= 11 is 1.83. The Morgan fingerprint density at radius 1 is 1.53 bits per heavy atom. The fourth-order valence-electron chi connectivity index (χ4n) is 2.03. The Balaban J connectivity index is 1.67. The van der Waals surface area contributed by atoms with Gasteiger partial charge in [-0.2, -0.15) is 0 Å². The largest absolute Gasteiger partial charge is 0.314 e. The zero-order valence-electron chi connectivity index (χ0n) is 9.07. The van der Waals surface area contributed by atoms with Crippen LogP contribution in [-0.4, -0.2) is 36.1 Å². The molecule has 0 amide bonds. The highest BCUT2D eigenvalue weighted by atomic mass is 32.1. The molecule has 0 unspecified atom stereocenters. The minimum Gasteiger partial charge on any atom is -0.314 e. The van der Waals surface area contributed by atoms with E-state index in [4.69, 9.17) is 0 Å². The number of thiazole rings is 1. The van der Waals surface area contributed by atoms with Gasteiger partial charge in [-0.3, -0.25) is 4.90 Å². The molecule has 1 saturated heterocycles. The molecule has 4 heteroatoms. The number of aromatic nitrogens is 1. The Morgan fingerprint density at radius 3 is 2.93 bits per heavy atom. The van der Waals surface area contributed by atoms with Gasteiger partial charge in [0.05, 0.1) is 11.2 Å². The van der Waals surface area contributed by atoms with Crippen LogP contribution in [0.1, 0.15) is 29.3 Å². The predicted molar refractivity (Wildman–Crippen MR) is 62.2 cm³/mol. The molecule has 1 aliphatic heterocycles. The second-order valence-electron chi connectivity index (χ2n) is 4.66. The molecule has 1 aromatic heterocycles. The third-order valence-electron chi connectivity index (χ3n) is 3.41. The van der Waals surface area contributed by atoms with E-state index < -0.39 is 0 Å². The molecule has 0 spiro atoms. The van der Waals surface area contributed by atoms with Crippen LogP contribution in [0.3, 0.4) is 0 Å². The van der Waals surface area contributed by atoms with Gasteiger partial charge in [-0.05, 0) is 19.9 Å². The minimum atomic E-state index is 0.735. The summed E-state index contributed by atoms with van der Waals surface area (Å²) in [7, 11) is 2.22. The summed E-state index contributed by atoms with van der Waals surface area (Å²) in [5.41, 5.74) is 3.40. The van der Waals surface area contributed by atoms with Crippen LogP contribution >= 0.6 is 11.3 Å². The highest BCUT2D eigenvalue weighted by molar-refractivity contribution is 7.09. The molecule has 2 aliphatic rings. The van der Waals surface area contributed by atoms with E-state index in [9.17, 15) is 0 Å². The number of nitrogens with zero attached hydrogens (tertiary/aromatic N) is 2. The first-order chi connectivity index (χ1) is 7.34. The lowest BCUT2D eigenvalue weighted by atomic mass is 10.1. The second kappa shape index (κ2) is 3.85. The SMILES string of the molecule is CN(Cc1scnc1C1CC1)C1CNC1. The van der Waals surface area contributed by atoms with Gasteiger partial charge in [0.1, 0.15) is 0 Å². The molecule has 1 saturated carbocycles. The van der Waals surface area contributed by atoms with Gasteiger partial charge in [0.15, 0.2) is 0 Å². The van der Waals surface area contributed by atoms with Crippen molar-refractivity contribution in [3.05, 3.63) is 16.1 Å². The minimum absolute atomic E-state index is 0.735. The molecule has 3 nitrogen and oxygen atoms in total. The molecule has 0 aromatic carbocycles. The third-order valence-corrected chi connectivity index (χ3v) is 4.25. The molecule has 0 atom stereocenters. The second-order valence-corrected chi connectivity index (χ2v) is 5.60. The number of hydrogen-bond acceptors (Lipinski definition) is 4. The van der Waals surface area contributed by atoms with E-state index in [1.807, 2.05) is 16.8 Å². The first kappa shape index (κ1) is 9.75. The molecule has 2 fully saturated rings. The van der Waals surface area contributed by atoms with Crippen LogP contribution < -0.4 is 5.32 Å². The van der Waals surface area contributed by atoms with Crippen LogP contribution in [0.2, 0.25) is 0 Å². The number of hydrogen-bond donors (Lipinski definition) is 1. The van der Waals surface area contributed by atoms with Crippen LogP contribution in [0.5, 0.6) is 0 Å². The van der Waals surface area contributed by atoms with Gasteiger partial charge >= 0.3 is 0 Å². The van der Waals surface area contributed by atoms with Gasteiger partial charge in [-0.25, -0.2) is 4.98 Å². The van der Waals surface area contributed by atoms with Crippen molar-refractivity contribution in [3.8, 4) is 0 Å². The van der Waals surface area contributed by atoms with E-state index in [0.29, 0.717) is 0 Å². The Kier molecular flexibility index (Phi) is 2.50. The molecular weight excluding hydrogens is 206 g/mol. The van der Waals surface area contributed by atoms with Crippen molar-refractivity contribution < 1.29 is 0 Å². The van der Waals surface area contributed by atoms with Crippen molar-refractivity contribution in [2.24, 2.45) is 0 Å². The Hall–Kier alpha value is -0.450. The first-order valence-corrected chi connectivity index (χ1v) is 6.56. The van der Waals surface area contributed by atoms with Gasteiger partial charge in [0.25, 0.3) is 0 Å². The highest BCUT2D eigenvalue weighted by Gasteiger charge is 2.29. The van der Waals surface area contributed by atoms with Crippen molar-refractivity contribution in [3.63, 3.8) is 0 Å². The molecule has 15 heavy (non-hydrogen) atoms. The van der Waals surface area contributed by atoms with Crippen molar-refractivity contribution >= 4 is 11.3 Å². The van der Waals surface area contributed by atoms with Gasteiger partial charge in [0, 0.05) is 36.5 Å². The monoisotopic (exact) mass is 223 g/mol. The average molecular weight is 223 g/mol. The number of nitrogens with one attached hydrogen (secondary N) is 1. The van der Waals surface area contributed by atoms with E-state index in [-0.39, 0.29) is 0 Å². The number of rotatable bonds is 4. The van der Waals surface area contributed by atoms with Crippen molar-refractivity contribution in [2.45, 2.75) is 31.3 Å². The van der Waals surface area contributed by atoms with Crippen LogP contribution in [-0.2, 0) is 6.54 Å². The Labute approximate surface area is 94.5 Å². The maximum Gasteiger partial charge on any atom is 0.0798 e. The molecule has 3 rings (SSSR count). The van der Waals surface area contributed by atoms with Crippen LogP contribution in [0.4, 0.5) is 0 Å². The predicted octanol–water partition coefficient (Wildman–Crippen LogP) is 1.42. The summed E-state index contributed by atoms with van der Waals surface area (Å²) in [6.07, 6.45) is 2.71. The molecule has 0 radical (unpaired) electrons. The summed E-state index contributed by atoms with van der Waals surface area (Å²) in [5, 5.41) is 3.32. The van der Waals surface area contributed by atoms with Crippen LogP contribution in [0.15, 0.2) is 5.51 Å². The van der Waals surface area contributed by atoms with E-state index in [2.05, 4.69) is 22.2 Å². The number of likely N-dealkylation sites (N-methyl/N-ethyl adjacent to an activating group) is 1. The smallest absolute Gasteiger partial charge is 0.0798 e. The van der Waals surface area contributed by atoms with E-state index in [1.165, 1.54) is 23.4 Å². The summed E-state index contributed by atoms with van der Waals surface area (Å²) in [6.45, 7) is 3.38. The summed E-state index contributed by atoms with van der Waals surface area (Å²) in [6, 6.07) is 0.735. The average Bonchev–Trinajstić information content (AvgIpc) is 2.85. The zero-order valence-corrected chi connectivity index (χ0v) is 9.89. The third kappa shape index (κ3) is 1.94. The van der Waals surface area contributed by atoms with Crippen molar-refractivity contribution in [1.29, 1.82) is 0 Å². The summed E-state index contributed by atoms with van der Waals surface area (Å²) < 4.78 is 0. The lowest BCUT2D eigenvalue weighted by molar-refractivity contribution is 0.174. The molecule has 1 N–H and O–H groups in total. The summed E-state index contributed by atoms with van der Waals surface area (Å²) in [4.78, 5) is 8.46. The molecule has 2 heterocycles. The van der Waals surface area contributed by atoms with Gasteiger partial charge in [-0.15, -0.1) is 11.3 Å². The fourth-order valence-corrected chi connectivity index (χ4v) is 2.94. The lowest BCUT2D eigenvalue weighted by Crippen LogP contribution is -2.55. The standard InChI is InChI=1S/C11H17N3S/c1-14(9-4-12-5-9)6-10-11(8-2-3-8)13-7-15-10/h7-9,12H,2-6H2,1H3. The zero-order chi connectivity index (χ0) is 10.3. The van der Waals surface area contributed by atoms with E-state index >= 15 is 0 Å². The van der Waals surface area contributed by atoms with Crippen LogP contribution in [0.25, 0.3) is 0 Å². The van der Waals surface area contributed by atoms with Crippen molar-refractivity contribution in [1.82, 2.24) is 15.2 Å². The fraction of sp³-hybridized carbons (Fsp3) is 0.727. The molecule has 1 aliphatic carbocycles.